The molecule has 2 atom stereocenters. The first-order valence-corrected chi connectivity index (χ1v) is 5.50. The van der Waals surface area contributed by atoms with Crippen molar-refractivity contribution in [3.8, 4) is 5.75 Å². The highest BCUT2D eigenvalue weighted by molar-refractivity contribution is 5.95. The molecule has 86 valence electrons. The van der Waals surface area contributed by atoms with Gasteiger partial charge < -0.3 is 15.7 Å². The van der Waals surface area contributed by atoms with Gasteiger partial charge in [0.05, 0.1) is 6.04 Å². The van der Waals surface area contributed by atoms with E-state index in [2.05, 4.69) is 17.6 Å². The van der Waals surface area contributed by atoms with Crippen LogP contribution in [-0.2, 0) is 4.79 Å². The Morgan fingerprint density at radius 3 is 3.00 bits per heavy atom. The first-order valence-electron chi connectivity index (χ1n) is 5.50. The van der Waals surface area contributed by atoms with Gasteiger partial charge in [-0.1, -0.05) is 13.0 Å². The van der Waals surface area contributed by atoms with Crippen molar-refractivity contribution in [1.82, 2.24) is 5.32 Å². The SMILES string of the molecule is CC1CCNC1C(=O)Nc1cccc(O)c1. The molecule has 4 heteroatoms. The average Bonchev–Trinajstić information content (AvgIpc) is 2.64. The van der Waals surface area contributed by atoms with Crippen LogP contribution < -0.4 is 10.6 Å². The molecule has 1 aliphatic heterocycles. The van der Waals surface area contributed by atoms with Crippen molar-refractivity contribution < 1.29 is 9.90 Å². The summed E-state index contributed by atoms with van der Waals surface area (Å²) in [5.74, 6) is 0.484. The molecule has 0 spiro atoms. The number of hydrogen-bond acceptors (Lipinski definition) is 3. The van der Waals surface area contributed by atoms with Crippen LogP contribution in [0.1, 0.15) is 13.3 Å². The molecule has 0 radical (unpaired) electrons. The molecule has 4 nitrogen and oxygen atoms in total. The van der Waals surface area contributed by atoms with Crippen LogP contribution in [0.5, 0.6) is 5.75 Å². The summed E-state index contributed by atoms with van der Waals surface area (Å²) in [7, 11) is 0. The second-order valence-electron chi connectivity index (χ2n) is 4.24. The number of phenols is 1. The minimum absolute atomic E-state index is 0.0319. The van der Waals surface area contributed by atoms with Crippen molar-refractivity contribution in [3.05, 3.63) is 24.3 Å². The van der Waals surface area contributed by atoms with Crippen LogP contribution in [-0.4, -0.2) is 23.6 Å². The van der Waals surface area contributed by atoms with Gasteiger partial charge in [-0.25, -0.2) is 0 Å². The predicted molar refractivity (Wildman–Crippen MR) is 62.3 cm³/mol. The molecule has 1 fully saturated rings. The largest absolute Gasteiger partial charge is 0.508 e. The van der Waals surface area contributed by atoms with E-state index in [1.807, 2.05) is 0 Å². The predicted octanol–water partition coefficient (Wildman–Crippen LogP) is 1.33. The van der Waals surface area contributed by atoms with Crippen LogP contribution >= 0.6 is 0 Å². The van der Waals surface area contributed by atoms with E-state index in [4.69, 9.17) is 0 Å². The van der Waals surface area contributed by atoms with Crippen LogP contribution in [0.4, 0.5) is 5.69 Å². The van der Waals surface area contributed by atoms with Gasteiger partial charge in [-0.05, 0) is 31.0 Å². The number of benzene rings is 1. The molecule has 3 N–H and O–H groups in total. The molecule has 16 heavy (non-hydrogen) atoms. The van der Waals surface area contributed by atoms with Gasteiger partial charge in [-0.2, -0.15) is 0 Å². The topological polar surface area (TPSA) is 61.4 Å². The molecule has 2 rings (SSSR count). The Kier molecular flexibility index (Phi) is 3.10. The van der Waals surface area contributed by atoms with Gasteiger partial charge in [0.1, 0.15) is 5.75 Å². The number of anilines is 1. The van der Waals surface area contributed by atoms with E-state index in [0.29, 0.717) is 11.6 Å². The van der Waals surface area contributed by atoms with Crippen LogP contribution in [0.2, 0.25) is 0 Å². The summed E-state index contributed by atoms with van der Waals surface area (Å²) in [6.45, 7) is 2.95. The van der Waals surface area contributed by atoms with Gasteiger partial charge in [-0.3, -0.25) is 4.79 Å². The maximum absolute atomic E-state index is 11.9. The molecular formula is C12H16N2O2. The highest BCUT2D eigenvalue weighted by Crippen LogP contribution is 2.19. The number of carbonyl (C=O) groups excluding carboxylic acids is 1. The Morgan fingerprint density at radius 1 is 1.56 bits per heavy atom. The number of carbonyl (C=O) groups is 1. The first kappa shape index (κ1) is 11.0. The Labute approximate surface area is 94.7 Å². The Bertz CT molecular complexity index is 392. The summed E-state index contributed by atoms with van der Waals surface area (Å²) < 4.78 is 0. The highest BCUT2D eigenvalue weighted by Gasteiger charge is 2.29. The number of phenolic OH excluding ortho intramolecular Hbond substituents is 1. The fourth-order valence-corrected chi connectivity index (χ4v) is 1.99. The molecule has 1 aromatic carbocycles. The second-order valence-corrected chi connectivity index (χ2v) is 4.24. The Morgan fingerprint density at radius 2 is 2.38 bits per heavy atom. The van der Waals surface area contributed by atoms with Crippen molar-refractivity contribution in [2.24, 2.45) is 5.92 Å². The van der Waals surface area contributed by atoms with Crippen molar-refractivity contribution >= 4 is 11.6 Å². The van der Waals surface area contributed by atoms with Gasteiger partial charge in [-0.15, -0.1) is 0 Å². The first-order chi connectivity index (χ1) is 7.66. The van der Waals surface area contributed by atoms with Gasteiger partial charge in [0.2, 0.25) is 5.91 Å². The molecule has 1 saturated heterocycles. The normalized spacial score (nSPS) is 24.3. The fourth-order valence-electron chi connectivity index (χ4n) is 1.99. The molecule has 0 aliphatic carbocycles. The molecule has 2 unspecified atom stereocenters. The lowest BCUT2D eigenvalue weighted by atomic mass is 10.0. The Hall–Kier alpha value is -1.55. The van der Waals surface area contributed by atoms with Crippen molar-refractivity contribution in [2.75, 3.05) is 11.9 Å². The summed E-state index contributed by atoms with van der Waals surface area (Å²) >= 11 is 0. The number of rotatable bonds is 2. The third-order valence-corrected chi connectivity index (χ3v) is 2.93. The van der Waals surface area contributed by atoms with E-state index in [-0.39, 0.29) is 17.7 Å². The lowest BCUT2D eigenvalue weighted by molar-refractivity contribution is -0.118. The number of aromatic hydroxyl groups is 1. The lowest BCUT2D eigenvalue weighted by Crippen LogP contribution is -2.39. The standard InChI is InChI=1S/C12H16N2O2/c1-8-5-6-13-11(8)12(16)14-9-3-2-4-10(15)7-9/h2-4,7-8,11,13,15H,5-6H2,1H3,(H,14,16). The molecule has 0 saturated carbocycles. The minimum atomic E-state index is -0.123. The van der Waals surface area contributed by atoms with E-state index < -0.39 is 0 Å². The quantitative estimate of drug-likeness (QED) is 0.704. The number of amides is 1. The molecule has 1 aromatic rings. The third-order valence-electron chi connectivity index (χ3n) is 2.93. The van der Waals surface area contributed by atoms with E-state index >= 15 is 0 Å². The average molecular weight is 220 g/mol. The van der Waals surface area contributed by atoms with Crippen molar-refractivity contribution in [1.29, 1.82) is 0 Å². The van der Waals surface area contributed by atoms with Crippen LogP contribution in [0, 0.1) is 5.92 Å². The fraction of sp³-hybridized carbons (Fsp3) is 0.417. The zero-order chi connectivity index (χ0) is 11.5. The zero-order valence-electron chi connectivity index (χ0n) is 9.23. The lowest BCUT2D eigenvalue weighted by Gasteiger charge is -2.15. The second kappa shape index (κ2) is 4.53. The monoisotopic (exact) mass is 220 g/mol. The molecule has 1 heterocycles. The van der Waals surface area contributed by atoms with Crippen LogP contribution in [0.25, 0.3) is 0 Å². The highest BCUT2D eigenvalue weighted by atomic mass is 16.3. The summed E-state index contributed by atoms with van der Waals surface area (Å²) in [6, 6.07) is 6.46. The summed E-state index contributed by atoms with van der Waals surface area (Å²) in [6.07, 6.45) is 1.03. The minimum Gasteiger partial charge on any atom is -0.508 e. The summed E-state index contributed by atoms with van der Waals surface area (Å²) in [5, 5.41) is 15.2. The maximum atomic E-state index is 11.9. The van der Waals surface area contributed by atoms with E-state index in [1.165, 1.54) is 6.07 Å². The summed E-state index contributed by atoms with van der Waals surface area (Å²) in [5.41, 5.74) is 0.630. The third kappa shape index (κ3) is 2.33. The van der Waals surface area contributed by atoms with Gasteiger partial charge in [0.15, 0.2) is 0 Å². The van der Waals surface area contributed by atoms with E-state index in [9.17, 15) is 9.90 Å². The van der Waals surface area contributed by atoms with Crippen LogP contribution in [0.15, 0.2) is 24.3 Å². The maximum Gasteiger partial charge on any atom is 0.241 e. The molecule has 0 bridgehead atoms. The van der Waals surface area contributed by atoms with Crippen LogP contribution in [0.3, 0.4) is 0 Å². The smallest absolute Gasteiger partial charge is 0.241 e. The molecule has 1 amide bonds. The number of nitrogens with one attached hydrogen (secondary N) is 2. The molecule has 0 aromatic heterocycles. The van der Waals surface area contributed by atoms with E-state index in [1.54, 1.807) is 18.2 Å². The van der Waals surface area contributed by atoms with E-state index in [0.717, 1.165) is 13.0 Å². The molecule has 1 aliphatic rings. The van der Waals surface area contributed by atoms with Gasteiger partial charge in [0.25, 0.3) is 0 Å². The van der Waals surface area contributed by atoms with Gasteiger partial charge in [0, 0.05) is 11.8 Å². The van der Waals surface area contributed by atoms with Crippen molar-refractivity contribution in [2.45, 2.75) is 19.4 Å². The zero-order valence-corrected chi connectivity index (χ0v) is 9.23. The Balaban J connectivity index is 2.02. The summed E-state index contributed by atoms with van der Waals surface area (Å²) in [4.78, 5) is 11.9. The van der Waals surface area contributed by atoms with Crippen molar-refractivity contribution in [3.63, 3.8) is 0 Å². The molecular weight excluding hydrogens is 204 g/mol. The number of hydrogen-bond donors (Lipinski definition) is 3. The van der Waals surface area contributed by atoms with Gasteiger partial charge >= 0.3 is 0 Å².